The second-order valence-corrected chi connectivity index (χ2v) is 4.79. The van der Waals surface area contributed by atoms with Crippen molar-refractivity contribution in [2.24, 2.45) is 0 Å². The first kappa shape index (κ1) is 13.4. The number of hydrogen-bond donors (Lipinski definition) is 1. The summed E-state index contributed by atoms with van der Waals surface area (Å²) in [5.41, 5.74) is 2.16. The minimum Gasteiger partial charge on any atom is -0.378 e. The summed E-state index contributed by atoms with van der Waals surface area (Å²) in [6.45, 7) is 3.89. The number of pyridine rings is 1. The van der Waals surface area contributed by atoms with E-state index in [4.69, 9.17) is 0 Å². The van der Waals surface area contributed by atoms with E-state index in [-0.39, 0.29) is 0 Å². The molecule has 6 nitrogen and oxygen atoms in total. The van der Waals surface area contributed by atoms with Gasteiger partial charge in [-0.3, -0.25) is 0 Å². The van der Waals surface area contributed by atoms with Gasteiger partial charge < -0.3 is 9.88 Å². The lowest BCUT2D eigenvalue weighted by molar-refractivity contribution is 0.651. The van der Waals surface area contributed by atoms with Crippen LogP contribution in [-0.2, 0) is 13.1 Å². The first-order valence-corrected chi connectivity index (χ1v) is 7.06. The molecule has 3 aromatic rings. The van der Waals surface area contributed by atoms with Gasteiger partial charge in [0, 0.05) is 25.1 Å². The van der Waals surface area contributed by atoms with Crippen LogP contribution in [0.15, 0.2) is 49.3 Å². The summed E-state index contributed by atoms with van der Waals surface area (Å²) in [5, 5.41) is 7.52. The molecule has 21 heavy (non-hydrogen) atoms. The van der Waals surface area contributed by atoms with Gasteiger partial charge in [0.1, 0.15) is 0 Å². The van der Waals surface area contributed by atoms with Gasteiger partial charge in [-0.2, -0.15) is 5.10 Å². The van der Waals surface area contributed by atoms with E-state index in [0.29, 0.717) is 0 Å². The highest BCUT2D eigenvalue weighted by Gasteiger charge is 2.02. The maximum Gasteiger partial charge on any atom is 0.153 e. The molecule has 3 heterocycles. The number of aryl methyl sites for hydroxylation is 1. The number of aromatic nitrogens is 5. The van der Waals surface area contributed by atoms with Crippen LogP contribution in [0.25, 0.3) is 5.82 Å². The number of imidazole rings is 1. The maximum absolute atomic E-state index is 4.40. The van der Waals surface area contributed by atoms with Crippen molar-refractivity contribution in [3.8, 4) is 5.82 Å². The Balaban J connectivity index is 1.64. The molecule has 3 rings (SSSR count). The molecule has 0 saturated heterocycles. The van der Waals surface area contributed by atoms with Gasteiger partial charge in [-0.05, 0) is 24.6 Å². The zero-order chi connectivity index (χ0) is 14.5. The van der Waals surface area contributed by atoms with Gasteiger partial charge in [0.25, 0.3) is 0 Å². The van der Waals surface area contributed by atoms with Crippen LogP contribution in [0, 0.1) is 0 Å². The van der Waals surface area contributed by atoms with Crippen molar-refractivity contribution in [3.05, 3.63) is 55.0 Å². The summed E-state index contributed by atoms with van der Waals surface area (Å²) < 4.78 is 3.90. The Labute approximate surface area is 123 Å². The van der Waals surface area contributed by atoms with Gasteiger partial charge in [0.05, 0.1) is 30.5 Å². The van der Waals surface area contributed by atoms with Crippen molar-refractivity contribution in [3.63, 3.8) is 0 Å². The van der Waals surface area contributed by atoms with Crippen molar-refractivity contribution >= 4 is 5.69 Å². The molecular weight excluding hydrogens is 264 g/mol. The van der Waals surface area contributed by atoms with Gasteiger partial charge in [-0.25, -0.2) is 14.6 Å². The summed E-state index contributed by atoms with van der Waals surface area (Å²) in [7, 11) is 0. The highest BCUT2D eigenvalue weighted by atomic mass is 15.3. The molecule has 6 heteroatoms. The third-order valence-corrected chi connectivity index (χ3v) is 3.22. The molecule has 3 aromatic heterocycles. The molecule has 0 fully saturated rings. The molecule has 0 amide bonds. The van der Waals surface area contributed by atoms with E-state index in [1.807, 2.05) is 43.1 Å². The summed E-state index contributed by atoms with van der Waals surface area (Å²) in [6, 6.07) is 5.83. The molecule has 108 valence electrons. The van der Waals surface area contributed by atoms with E-state index in [9.17, 15) is 0 Å². The smallest absolute Gasteiger partial charge is 0.153 e. The van der Waals surface area contributed by atoms with Crippen LogP contribution >= 0.6 is 0 Å². The topological polar surface area (TPSA) is 60.6 Å². The number of nitrogens with zero attached hydrogens (tertiary/aromatic N) is 5. The lowest BCUT2D eigenvalue weighted by Gasteiger charge is -2.09. The monoisotopic (exact) mass is 282 g/mol. The van der Waals surface area contributed by atoms with Gasteiger partial charge in [-0.15, -0.1) is 0 Å². The average Bonchev–Trinajstić information content (AvgIpc) is 3.18. The molecule has 1 N–H and O–H groups in total. The second kappa shape index (κ2) is 6.21. The molecular formula is C15H18N6. The third kappa shape index (κ3) is 3.10. The van der Waals surface area contributed by atoms with E-state index in [1.54, 1.807) is 10.9 Å². The maximum atomic E-state index is 4.40. The summed E-state index contributed by atoms with van der Waals surface area (Å²) in [6.07, 6.45) is 10.3. The molecule has 0 aliphatic carbocycles. The van der Waals surface area contributed by atoms with E-state index in [0.717, 1.165) is 31.0 Å². The first-order valence-electron chi connectivity index (χ1n) is 7.06. The van der Waals surface area contributed by atoms with Gasteiger partial charge in [0.2, 0.25) is 0 Å². The summed E-state index contributed by atoms with van der Waals surface area (Å²) in [4.78, 5) is 8.59. The predicted molar refractivity (Wildman–Crippen MR) is 81.2 cm³/mol. The van der Waals surface area contributed by atoms with Crippen LogP contribution in [0.1, 0.15) is 19.0 Å². The zero-order valence-electron chi connectivity index (χ0n) is 12.0. The van der Waals surface area contributed by atoms with Crippen molar-refractivity contribution in [2.45, 2.75) is 26.4 Å². The minimum absolute atomic E-state index is 0.739. The van der Waals surface area contributed by atoms with Crippen LogP contribution in [0.2, 0.25) is 0 Å². The number of nitrogens with one attached hydrogen (secondary N) is 1. The number of hydrogen-bond acceptors (Lipinski definition) is 4. The quantitative estimate of drug-likeness (QED) is 0.754. The second-order valence-electron chi connectivity index (χ2n) is 4.79. The Bertz CT molecular complexity index is 669. The van der Waals surface area contributed by atoms with Crippen molar-refractivity contribution in [1.29, 1.82) is 0 Å². The molecule has 0 radical (unpaired) electrons. The van der Waals surface area contributed by atoms with Crippen LogP contribution < -0.4 is 5.32 Å². The van der Waals surface area contributed by atoms with E-state index in [2.05, 4.69) is 31.9 Å². The fourth-order valence-electron chi connectivity index (χ4n) is 2.16. The molecule has 0 unspecified atom stereocenters. The van der Waals surface area contributed by atoms with Crippen LogP contribution in [0.4, 0.5) is 5.69 Å². The van der Waals surface area contributed by atoms with Crippen LogP contribution in [0.5, 0.6) is 0 Å². The SMILES string of the molecule is CCCn1cncc1CNc1ccc(-n2cccn2)nc1. The molecule has 0 saturated carbocycles. The molecule has 0 spiro atoms. The fraction of sp³-hybridized carbons (Fsp3) is 0.267. The van der Waals surface area contributed by atoms with E-state index in [1.165, 1.54) is 5.69 Å². The molecule has 0 atom stereocenters. The van der Waals surface area contributed by atoms with E-state index < -0.39 is 0 Å². The Morgan fingerprint density at radius 3 is 2.90 bits per heavy atom. The average molecular weight is 282 g/mol. The molecule has 0 aromatic carbocycles. The predicted octanol–water partition coefficient (Wildman–Crippen LogP) is 2.49. The summed E-state index contributed by atoms with van der Waals surface area (Å²) >= 11 is 0. The number of anilines is 1. The lowest BCUT2D eigenvalue weighted by Crippen LogP contribution is -2.07. The Morgan fingerprint density at radius 2 is 2.19 bits per heavy atom. The fourth-order valence-corrected chi connectivity index (χ4v) is 2.16. The van der Waals surface area contributed by atoms with E-state index >= 15 is 0 Å². The highest BCUT2D eigenvalue weighted by Crippen LogP contribution is 2.11. The van der Waals surface area contributed by atoms with Crippen LogP contribution in [0.3, 0.4) is 0 Å². The van der Waals surface area contributed by atoms with Gasteiger partial charge in [0.15, 0.2) is 5.82 Å². The Kier molecular flexibility index (Phi) is 3.95. The zero-order valence-corrected chi connectivity index (χ0v) is 12.0. The molecule has 0 aliphatic rings. The standard InChI is InChI=1S/C15H18N6/c1-2-7-20-12-16-10-14(20)11-17-13-4-5-15(18-9-13)21-8-3-6-19-21/h3-6,8-10,12,17H,2,7,11H2,1H3. The Morgan fingerprint density at radius 1 is 1.24 bits per heavy atom. The van der Waals surface area contributed by atoms with Crippen LogP contribution in [-0.4, -0.2) is 24.3 Å². The Hall–Kier alpha value is -2.63. The lowest BCUT2D eigenvalue weighted by atomic mass is 10.3. The van der Waals surface area contributed by atoms with Crippen molar-refractivity contribution in [1.82, 2.24) is 24.3 Å². The largest absolute Gasteiger partial charge is 0.378 e. The third-order valence-electron chi connectivity index (χ3n) is 3.22. The highest BCUT2D eigenvalue weighted by molar-refractivity contribution is 5.43. The first-order chi connectivity index (χ1) is 10.4. The van der Waals surface area contributed by atoms with Crippen molar-refractivity contribution in [2.75, 3.05) is 5.32 Å². The van der Waals surface area contributed by atoms with Crippen molar-refractivity contribution < 1.29 is 0 Å². The summed E-state index contributed by atoms with van der Waals surface area (Å²) in [5.74, 6) is 0.807. The normalized spacial score (nSPS) is 10.7. The minimum atomic E-state index is 0.739. The molecule has 0 aliphatic heterocycles. The van der Waals surface area contributed by atoms with Gasteiger partial charge in [-0.1, -0.05) is 6.92 Å². The molecule has 0 bridgehead atoms. The van der Waals surface area contributed by atoms with Gasteiger partial charge >= 0.3 is 0 Å². The number of rotatable bonds is 6.